The molecule has 3 heterocycles. The third-order valence-electron chi connectivity index (χ3n) is 8.76. The molecular weight excluding hydrogens is 580 g/mol. The molecular formula is C33H32N4O6S. The number of piperidine rings is 1. The van der Waals surface area contributed by atoms with Gasteiger partial charge in [0.1, 0.15) is 12.1 Å². The predicted molar refractivity (Wildman–Crippen MR) is 165 cm³/mol. The maximum atomic E-state index is 14.1. The Morgan fingerprint density at radius 2 is 1.59 bits per heavy atom. The highest BCUT2D eigenvalue weighted by Crippen LogP contribution is 2.41. The van der Waals surface area contributed by atoms with Gasteiger partial charge in [-0.15, -0.1) is 0 Å². The van der Waals surface area contributed by atoms with Crippen LogP contribution >= 0.6 is 0 Å². The van der Waals surface area contributed by atoms with Gasteiger partial charge in [0.25, 0.3) is 0 Å². The average molecular weight is 613 g/mol. The van der Waals surface area contributed by atoms with E-state index in [1.165, 1.54) is 4.31 Å². The predicted octanol–water partition coefficient (Wildman–Crippen LogP) is 3.71. The normalized spacial score (nSPS) is 17.9. The Labute approximate surface area is 255 Å². The zero-order valence-electron chi connectivity index (χ0n) is 24.0. The summed E-state index contributed by atoms with van der Waals surface area (Å²) in [6, 6.07) is 27.9. The molecule has 3 aliphatic rings. The van der Waals surface area contributed by atoms with Crippen LogP contribution in [0.5, 0.6) is 11.5 Å². The van der Waals surface area contributed by atoms with Crippen molar-refractivity contribution in [3.05, 3.63) is 96.6 Å². The molecule has 2 saturated heterocycles. The Bertz CT molecular complexity index is 1830. The lowest BCUT2D eigenvalue weighted by atomic mass is 9.86. The second kappa shape index (κ2) is 11.1. The van der Waals surface area contributed by atoms with Crippen molar-refractivity contribution < 1.29 is 27.5 Å². The number of nitrogens with zero attached hydrogens (tertiary/aromatic N) is 3. The number of ether oxygens (including phenoxy) is 2. The van der Waals surface area contributed by atoms with Gasteiger partial charge in [0.15, 0.2) is 11.5 Å². The molecule has 1 spiro atoms. The highest BCUT2D eigenvalue weighted by atomic mass is 32.2. The second-order valence-corrected chi connectivity index (χ2v) is 13.2. The third-order valence-corrected chi connectivity index (χ3v) is 10.7. The largest absolute Gasteiger partial charge is 0.454 e. The number of hydrogen-bond donors (Lipinski definition) is 1. The molecule has 4 aromatic rings. The molecule has 2 fully saturated rings. The standard InChI is InChI=1S/C33H32N4O6S/c38-31(34-20-24-13-14-28-29(19-24)43-23-42-28)21-35-22-37(26-9-2-1-3-10-26)33(32(35)39)15-17-36(18-16-33)44(40,41)30-12-6-8-25-7-4-5-11-27(25)30/h1-14,19H,15-18,20-23H2,(H,34,38). The SMILES string of the molecule is O=C(CN1CN(c2ccccc2)C2(CCN(S(=O)(=O)c3cccc4ccccc34)CC2)C1=O)NCc1ccc2c(c1)OCO2. The van der Waals surface area contributed by atoms with Crippen LogP contribution in [-0.4, -0.2) is 68.1 Å². The molecule has 0 bridgehead atoms. The van der Waals surface area contributed by atoms with Crippen molar-refractivity contribution in [1.29, 1.82) is 0 Å². The first-order chi connectivity index (χ1) is 21.3. The van der Waals surface area contributed by atoms with E-state index in [-0.39, 0.29) is 56.4 Å². The number of para-hydroxylation sites is 1. The maximum absolute atomic E-state index is 14.1. The van der Waals surface area contributed by atoms with Gasteiger partial charge in [-0.3, -0.25) is 9.59 Å². The molecule has 0 radical (unpaired) electrons. The van der Waals surface area contributed by atoms with Crippen LogP contribution in [0.1, 0.15) is 18.4 Å². The van der Waals surface area contributed by atoms with E-state index in [4.69, 9.17) is 9.47 Å². The van der Waals surface area contributed by atoms with E-state index < -0.39 is 15.6 Å². The third kappa shape index (κ3) is 4.91. The van der Waals surface area contributed by atoms with Crippen molar-refractivity contribution in [2.24, 2.45) is 0 Å². The Morgan fingerprint density at radius 1 is 0.864 bits per heavy atom. The van der Waals surface area contributed by atoms with Gasteiger partial charge in [0.2, 0.25) is 28.6 Å². The Morgan fingerprint density at radius 3 is 2.41 bits per heavy atom. The van der Waals surface area contributed by atoms with Gasteiger partial charge in [-0.05, 0) is 54.1 Å². The quantitative estimate of drug-likeness (QED) is 0.339. The number of rotatable bonds is 7. The van der Waals surface area contributed by atoms with Gasteiger partial charge in [-0.25, -0.2) is 8.42 Å². The zero-order valence-corrected chi connectivity index (χ0v) is 24.8. The van der Waals surface area contributed by atoms with Crippen LogP contribution in [0.3, 0.4) is 0 Å². The van der Waals surface area contributed by atoms with E-state index in [9.17, 15) is 18.0 Å². The Kier molecular flexibility index (Phi) is 7.14. The lowest BCUT2D eigenvalue weighted by molar-refractivity contribution is -0.137. The minimum Gasteiger partial charge on any atom is -0.454 e. The molecule has 44 heavy (non-hydrogen) atoms. The number of amides is 2. The molecule has 0 saturated carbocycles. The van der Waals surface area contributed by atoms with Crippen LogP contribution in [0.15, 0.2) is 95.9 Å². The number of carbonyl (C=O) groups excluding carboxylic acids is 2. The molecule has 226 valence electrons. The van der Waals surface area contributed by atoms with E-state index in [1.54, 1.807) is 17.0 Å². The van der Waals surface area contributed by atoms with Gasteiger partial charge in [-0.1, -0.05) is 60.7 Å². The van der Waals surface area contributed by atoms with Crippen LogP contribution in [0.4, 0.5) is 5.69 Å². The number of nitrogens with one attached hydrogen (secondary N) is 1. The van der Waals surface area contributed by atoms with Crippen LogP contribution < -0.4 is 19.7 Å². The minimum absolute atomic E-state index is 0.105. The summed E-state index contributed by atoms with van der Waals surface area (Å²) in [4.78, 5) is 31.0. The molecule has 1 N–H and O–H groups in total. The Balaban J connectivity index is 1.08. The monoisotopic (exact) mass is 612 g/mol. The van der Waals surface area contributed by atoms with Crippen molar-refractivity contribution in [3.63, 3.8) is 0 Å². The summed E-state index contributed by atoms with van der Waals surface area (Å²) < 4.78 is 40.0. The molecule has 4 aromatic carbocycles. The molecule has 0 aromatic heterocycles. The summed E-state index contributed by atoms with van der Waals surface area (Å²) in [7, 11) is -3.80. The minimum atomic E-state index is -3.80. The fraction of sp³-hybridized carbons (Fsp3) is 0.273. The number of carbonyl (C=O) groups is 2. The lowest BCUT2D eigenvalue weighted by Gasteiger charge is -2.42. The second-order valence-electron chi connectivity index (χ2n) is 11.3. The number of hydrogen-bond acceptors (Lipinski definition) is 7. The number of anilines is 1. The highest BCUT2D eigenvalue weighted by molar-refractivity contribution is 7.89. The van der Waals surface area contributed by atoms with Gasteiger partial charge >= 0.3 is 0 Å². The first kappa shape index (κ1) is 28.2. The highest BCUT2D eigenvalue weighted by Gasteiger charge is 2.55. The van der Waals surface area contributed by atoms with Crippen molar-refractivity contribution in [2.45, 2.75) is 29.8 Å². The molecule has 3 aliphatic heterocycles. The molecule has 0 unspecified atom stereocenters. The molecule has 0 aliphatic carbocycles. The lowest BCUT2D eigenvalue weighted by Crippen LogP contribution is -2.57. The summed E-state index contributed by atoms with van der Waals surface area (Å²) in [6.07, 6.45) is 0.611. The van der Waals surface area contributed by atoms with Crippen molar-refractivity contribution >= 4 is 38.3 Å². The summed E-state index contributed by atoms with van der Waals surface area (Å²) in [5.41, 5.74) is 0.760. The van der Waals surface area contributed by atoms with Gasteiger partial charge in [0, 0.05) is 30.7 Å². The van der Waals surface area contributed by atoms with Gasteiger partial charge < -0.3 is 24.6 Å². The number of fused-ring (bicyclic) bond motifs is 2. The first-order valence-electron chi connectivity index (χ1n) is 14.6. The fourth-order valence-electron chi connectivity index (χ4n) is 6.46. The van der Waals surface area contributed by atoms with Crippen LogP contribution in [0.2, 0.25) is 0 Å². The van der Waals surface area contributed by atoms with Crippen molar-refractivity contribution in [3.8, 4) is 11.5 Å². The summed E-state index contributed by atoms with van der Waals surface area (Å²) in [5.74, 6) is 0.865. The molecule has 11 heteroatoms. The smallest absolute Gasteiger partial charge is 0.250 e. The maximum Gasteiger partial charge on any atom is 0.250 e. The number of benzene rings is 4. The van der Waals surface area contributed by atoms with E-state index in [0.717, 1.165) is 16.6 Å². The Hall–Kier alpha value is -4.61. The summed E-state index contributed by atoms with van der Waals surface area (Å²) >= 11 is 0. The van der Waals surface area contributed by atoms with E-state index in [0.29, 0.717) is 29.7 Å². The van der Waals surface area contributed by atoms with Crippen LogP contribution in [0, 0.1) is 0 Å². The molecule has 2 amide bonds. The molecule has 0 atom stereocenters. The molecule has 7 rings (SSSR count). The van der Waals surface area contributed by atoms with Crippen LogP contribution in [-0.2, 0) is 26.2 Å². The van der Waals surface area contributed by atoms with Gasteiger partial charge in [0.05, 0.1) is 11.6 Å². The van der Waals surface area contributed by atoms with Gasteiger partial charge in [-0.2, -0.15) is 4.31 Å². The fourth-order valence-corrected chi connectivity index (χ4v) is 8.12. The van der Waals surface area contributed by atoms with E-state index in [1.807, 2.05) is 83.8 Å². The average Bonchev–Trinajstić information content (AvgIpc) is 3.63. The van der Waals surface area contributed by atoms with E-state index >= 15 is 0 Å². The van der Waals surface area contributed by atoms with E-state index in [2.05, 4.69) is 5.32 Å². The first-order valence-corrected chi connectivity index (χ1v) is 16.0. The molecule has 10 nitrogen and oxygen atoms in total. The topological polar surface area (TPSA) is 108 Å². The van der Waals surface area contributed by atoms with Crippen LogP contribution in [0.25, 0.3) is 10.8 Å². The summed E-state index contributed by atoms with van der Waals surface area (Å²) in [5, 5.41) is 4.44. The zero-order chi connectivity index (χ0) is 30.3. The number of sulfonamides is 1. The van der Waals surface area contributed by atoms with Crippen molar-refractivity contribution in [2.75, 3.05) is 38.0 Å². The van der Waals surface area contributed by atoms with Crippen molar-refractivity contribution in [1.82, 2.24) is 14.5 Å². The summed E-state index contributed by atoms with van der Waals surface area (Å²) in [6.45, 7) is 0.958.